The molecule has 1 fully saturated rings. The number of aliphatic hydroxyl groups is 2. The maximum atomic E-state index is 12.1. The van der Waals surface area contributed by atoms with Crippen LogP contribution in [0.1, 0.15) is 90.4 Å². The number of allylic oxidation sites excluding steroid dienone is 2. The first-order valence-corrected chi connectivity index (χ1v) is 10.7. The van der Waals surface area contributed by atoms with Crippen molar-refractivity contribution in [3.8, 4) is 0 Å². The summed E-state index contributed by atoms with van der Waals surface area (Å²) >= 11 is 0. The molecule has 0 heterocycles. The van der Waals surface area contributed by atoms with Gasteiger partial charge in [-0.2, -0.15) is 0 Å². The molecule has 0 aliphatic heterocycles. The highest BCUT2D eigenvalue weighted by atomic mass is 16.4. The van der Waals surface area contributed by atoms with E-state index in [9.17, 15) is 19.8 Å². The van der Waals surface area contributed by atoms with Crippen LogP contribution in [-0.4, -0.2) is 39.3 Å². The molecule has 0 aromatic carbocycles. The summed E-state index contributed by atoms with van der Waals surface area (Å²) in [4.78, 5) is 22.6. The van der Waals surface area contributed by atoms with E-state index in [0.29, 0.717) is 44.9 Å². The Morgan fingerprint density at radius 2 is 1.59 bits per heavy atom. The summed E-state index contributed by atoms with van der Waals surface area (Å²) in [5, 5.41) is 29.1. The minimum atomic E-state index is -0.784. The third-order valence-corrected chi connectivity index (χ3v) is 5.67. The van der Waals surface area contributed by atoms with Gasteiger partial charge in [-0.25, -0.2) is 0 Å². The van der Waals surface area contributed by atoms with Gasteiger partial charge in [0, 0.05) is 19.3 Å². The largest absolute Gasteiger partial charge is 0.481 e. The Morgan fingerprint density at radius 1 is 0.889 bits per heavy atom. The van der Waals surface area contributed by atoms with Crippen LogP contribution in [0.25, 0.3) is 0 Å². The van der Waals surface area contributed by atoms with Crippen molar-refractivity contribution in [3.63, 3.8) is 0 Å². The summed E-state index contributed by atoms with van der Waals surface area (Å²) in [6, 6.07) is 0. The van der Waals surface area contributed by atoms with E-state index in [1.54, 1.807) is 0 Å². The first kappa shape index (κ1) is 23.8. The van der Waals surface area contributed by atoms with Gasteiger partial charge in [-0.1, -0.05) is 44.8 Å². The molecular weight excluding hydrogens is 344 g/mol. The number of unbranched alkanes of at least 4 members (excludes halogenated alkanes) is 5. The van der Waals surface area contributed by atoms with Gasteiger partial charge < -0.3 is 15.3 Å². The smallest absolute Gasteiger partial charge is 0.303 e. The third-order valence-electron chi connectivity index (χ3n) is 5.67. The van der Waals surface area contributed by atoms with Gasteiger partial charge in [0.2, 0.25) is 0 Å². The average molecular weight is 383 g/mol. The van der Waals surface area contributed by atoms with Crippen molar-refractivity contribution in [3.05, 3.63) is 12.2 Å². The van der Waals surface area contributed by atoms with Crippen LogP contribution in [0.3, 0.4) is 0 Å². The maximum absolute atomic E-state index is 12.1. The lowest BCUT2D eigenvalue weighted by molar-refractivity contribution is -0.137. The molecule has 1 aliphatic carbocycles. The number of Topliss-reactive ketones (excluding diaryl/α,β-unsaturated/α-hetero) is 1. The SMILES string of the molecule is CCCCCCCC(=O)CC[C@@H]1[C@@H](CC=CCCCC(=O)O)[C@@H](O)C[C@H]1O. The fraction of sp³-hybridized carbons (Fsp3) is 0.818. The molecule has 0 aromatic heterocycles. The molecule has 1 rings (SSSR count). The molecule has 0 spiro atoms. The fourth-order valence-electron chi connectivity index (χ4n) is 4.03. The number of carbonyl (C=O) groups is 2. The molecule has 0 radical (unpaired) electrons. The zero-order valence-corrected chi connectivity index (χ0v) is 16.8. The van der Waals surface area contributed by atoms with Crippen LogP contribution in [-0.2, 0) is 9.59 Å². The minimum absolute atomic E-state index is 0.0203. The number of carboxylic acid groups (broad SMARTS) is 1. The predicted octanol–water partition coefficient (Wildman–Crippen LogP) is 4.26. The van der Waals surface area contributed by atoms with Crippen molar-refractivity contribution < 1.29 is 24.9 Å². The zero-order chi connectivity index (χ0) is 20.1. The number of carbonyl (C=O) groups excluding carboxylic acids is 1. The van der Waals surface area contributed by atoms with Gasteiger partial charge in [0.25, 0.3) is 0 Å². The molecule has 27 heavy (non-hydrogen) atoms. The van der Waals surface area contributed by atoms with Gasteiger partial charge in [0.15, 0.2) is 0 Å². The number of hydrogen-bond acceptors (Lipinski definition) is 4. The molecule has 5 heteroatoms. The Balaban J connectivity index is 2.32. The lowest BCUT2D eigenvalue weighted by Gasteiger charge is -2.22. The van der Waals surface area contributed by atoms with E-state index < -0.39 is 18.2 Å². The van der Waals surface area contributed by atoms with Crippen molar-refractivity contribution in [1.82, 2.24) is 0 Å². The van der Waals surface area contributed by atoms with Crippen LogP contribution in [0.2, 0.25) is 0 Å². The summed E-state index contributed by atoms with van der Waals surface area (Å²) in [5.74, 6) is -0.573. The molecule has 0 amide bonds. The number of aliphatic hydroxyl groups excluding tert-OH is 2. The number of rotatable bonds is 15. The van der Waals surface area contributed by atoms with Gasteiger partial charge in [-0.05, 0) is 50.4 Å². The maximum Gasteiger partial charge on any atom is 0.303 e. The molecule has 5 nitrogen and oxygen atoms in total. The molecule has 4 atom stereocenters. The molecule has 0 bridgehead atoms. The number of carboxylic acids is 1. The van der Waals surface area contributed by atoms with Gasteiger partial charge in [-0.3, -0.25) is 9.59 Å². The average Bonchev–Trinajstić information content (AvgIpc) is 2.88. The highest BCUT2D eigenvalue weighted by Gasteiger charge is 2.40. The third kappa shape index (κ3) is 10.1. The number of aliphatic carboxylic acids is 1. The lowest BCUT2D eigenvalue weighted by Crippen LogP contribution is -2.22. The first-order chi connectivity index (χ1) is 13.0. The predicted molar refractivity (Wildman–Crippen MR) is 106 cm³/mol. The van der Waals surface area contributed by atoms with E-state index in [0.717, 1.165) is 12.8 Å². The molecule has 0 aromatic rings. The number of ketones is 1. The van der Waals surface area contributed by atoms with Crippen molar-refractivity contribution in [2.45, 2.75) is 103 Å². The molecule has 156 valence electrons. The van der Waals surface area contributed by atoms with E-state index >= 15 is 0 Å². The van der Waals surface area contributed by atoms with Crippen molar-refractivity contribution in [2.75, 3.05) is 0 Å². The molecular formula is C22H38O5. The summed E-state index contributed by atoms with van der Waals surface area (Å²) in [6.07, 6.45) is 12.8. The monoisotopic (exact) mass is 382 g/mol. The van der Waals surface area contributed by atoms with Gasteiger partial charge in [0.1, 0.15) is 5.78 Å². The van der Waals surface area contributed by atoms with Crippen molar-refractivity contribution in [2.24, 2.45) is 11.8 Å². The van der Waals surface area contributed by atoms with Crippen LogP contribution in [0.5, 0.6) is 0 Å². The van der Waals surface area contributed by atoms with Crippen LogP contribution in [0.15, 0.2) is 12.2 Å². The highest BCUT2D eigenvalue weighted by molar-refractivity contribution is 5.78. The van der Waals surface area contributed by atoms with E-state index in [1.165, 1.54) is 19.3 Å². The van der Waals surface area contributed by atoms with Crippen molar-refractivity contribution in [1.29, 1.82) is 0 Å². The quantitative estimate of drug-likeness (QED) is 0.291. The van der Waals surface area contributed by atoms with E-state index in [1.807, 2.05) is 12.2 Å². The molecule has 3 N–H and O–H groups in total. The molecule has 1 aliphatic rings. The minimum Gasteiger partial charge on any atom is -0.481 e. The van der Waals surface area contributed by atoms with Crippen LogP contribution in [0.4, 0.5) is 0 Å². The highest BCUT2D eigenvalue weighted by Crippen LogP contribution is 2.38. The lowest BCUT2D eigenvalue weighted by atomic mass is 9.86. The second-order valence-electron chi connectivity index (χ2n) is 7.93. The molecule has 0 unspecified atom stereocenters. The van der Waals surface area contributed by atoms with E-state index in [4.69, 9.17) is 5.11 Å². The Morgan fingerprint density at radius 3 is 2.30 bits per heavy atom. The zero-order valence-electron chi connectivity index (χ0n) is 16.8. The van der Waals surface area contributed by atoms with Gasteiger partial charge >= 0.3 is 5.97 Å². The first-order valence-electron chi connectivity index (χ1n) is 10.7. The van der Waals surface area contributed by atoms with Crippen LogP contribution >= 0.6 is 0 Å². The Hall–Kier alpha value is -1.20. The number of hydrogen-bond donors (Lipinski definition) is 3. The normalized spacial score (nSPS) is 25.3. The topological polar surface area (TPSA) is 94.8 Å². The molecule has 1 saturated carbocycles. The standard InChI is InChI=1S/C22H38O5/c1-2-3-4-5-8-11-17(23)14-15-19-18(20(24)16-21(19)25)12-9-6-7-10-13-22(26)27/h6,9,18-21,24-25H,2-5,7-8,10-16H2,1H3,(H,26,27)/t18-,19-,20+,21-/m1/s1. The summed E-state index contributed by atoms with van der Waals surface area (Å²) in [6.45, 7) is 2.17. The Labute approximate surface area is 163 Å². The second-order valence-corrected chi connectivity index (χ2v) is 7.93. The Kier molecular flexibility index (Phi) is 12.3. The van der Waals surface area contributed by atoms with Gasteiger partial charge in [0.05, 0.1) is 12.2 Å². The van der Waals surface area contributed by atoms with E-state index in [-0.39, 0.29) is 24.0 Å². The summed E-state index contributed by atoms with van der Waals surface area (Å²) in [5.41, 5.74) is 0. The van der Waals surface area contributed by atoms with E-state index in [2.05, 4.69) is 6.92 Å². The summed E-state index contributed by atoms with van der Waals surface area (Å²) < 4.78 is 0. The van der Waals surface area contributed by atoms with Crippen LogP contribution < -0.4 is 0 Å². The fourth-order valence-corrected chi connectivity index (χ4v) is 4.03. The van der Waals surface area contributed by atoms with Gasteiger partial charge in [-0.15, -0.1) is 0 Å². The molecule has 0 saturated heterocycles. The summed E-state index contributed by atoms with van der Waals surface area (Å²) in [7, 11) is 0. The van der Waals surface area contributed by atoms with Crippen molar-refractivity contribution >= 4 is 11.8 Å². The van der Waals surface area contributed by atoms with Crippen LogP contribution in [0, 0.1) is 11.8 Å². The second kappa shape index (κ2) is 13.9. The Bertz CT molecular complexity index is 460.